The summed E-state index contributed by atoms with van der Waals surface area (Å²) >= 11 is 0. The normalized spacial score (nSPS) is 21.8. The summed E-state index contributed by atoms with van der Waals surface area (Å²) in [7, 11) is 0. The van der Waals surface area contributed by atoms with Crippen molar-refractivity contribution in [3.8, 4) is 5.75 Å². The van der Waals surface area contributed by atoms with Gasteiger partial charge in [-0.2, -0.15) is 19.0 Å². The minimum atomic E-state index is -2.94. The van der Waals surface area contributed by atoms with Gasteiger partial charge in [0.05, 0.1) is 17.4 Å². The van der Waals surface area contributed by atoms with Crippen molar-refractivity contribution >= 4 is 29.1 Å². The highest BCUT2D eigenvalue weighted by Crippen LogP contribution is 2.35. The molecule has 0 spiro atoms. The molecule has 3 aliphatic heterocycles. The SMILES string of the molecule is O=C1[C@@H]2N=NN(CC(=O)N3N=C(c4ccc(OC(F)F)cc4)C[C@@H]3c3ccccc3)[C@H]2C(=O)N1c1ccccc1. The number of fused-ring (bicyclic) bond motifs is 1. The molecular weight excluding hydrogens is 522 g/mol. The van der Waals surface area contributed by atoms with Crippen molar-refractivity contribution in [1.82, 2.24) is 10.0 Å². The Kier molecular flexibility index (Phi) is 6.50. The van der Waals surface area contributed by atoms with Gasteiger partial charge in [-0.3, -0.25) is 19.4 Å². The van der Waals surface area contributed by atoms with E-state index in [1.165, 1.54) is 22.2 Å². The van der Waals surface area contributed by atoms with E-state index in [-0.39, 0.29) is 12.3 Å². The Balaban J connectivity index is 1.24. The van der Waals surface area contributed by atoms with E-state index in [0.29, 0.717) is 23.4 Å². The van der Waals surface area contributed by atoms with Gasteiger partial charge < -0.3 is 4.74 Å². The van der Waals surface area contributed by atoms with E-state index in [2.05, 4.69) is 20.2 Å². The first-order chi connectivity index (χ1) is 19.4. The van der Waals surface area contributed by atoms with Crippen molar-refractivity contribution in [2.45, 2.75) is 31.2 Å². The lowest BCUT2D eigenvalue weighted by molar-refractivity contribution is -0.135. The number of carbonyl (C=O) groups excluding carboxylic acids is 3. The summed E-state index contributed by atoms with van der Waals surface area (Å²) in [4.78, 5) is 40.9. The van der Waals surface area contributed by atoms with Gasteiger partial charge in [-0.1, -0.05) is 53.8 Å². The van der Waals surface area contributed by atoms with Crippen LogP contribution in [0, 0.1) is 0 Å². The lowest BCUT2D eigenvalue weighted by Crippen LogP contribution is -2.44. The summed E-state index contributed by atoms with van der Waals surface area (Å²) in [6, 6.07) is 21.4. The van der Waals surface area contributed by atoms with Gasteiger partial charge in [0.15, 0.2) is 12.1 Å². The molecule has 3 aromatic carbocycles. The first kappa shape index (κ1) is 25.3. The average Bonchev–Trinajstić information content (AvgIpc) is 3.65. The molecule has 3 atom stereocenters. The molecule has 1 saturated heterocycles. The van der Waals surface area contributed by atoms with Crippen LogP contribution in [0.1, 0.15) is 23.6 Å². The van der Waals surface area contributed by atoms with Crippen LogP contribution in [0.2, 0.25) is 0 Å². The minimum Gasteiger partial charge on any atom is -0.435 e. The Bertz CT molecular complexity index is 1500. The van der Waals surface area contributed by atoms with Crippen molar-refractivity contribution in [2.24, 2.45) is 15.4 Å². The third-order valence-corrected chi connectivity index (χ3v) is 6.93. The number of anilines is 1. The summed E-state index contributed by atoms with van der Waals surface area (Å²) in [6.07, 6.45) is 0.373. The summed E-state index contributed by atoms with van der Waals surface area (Å²) < 4.78 is 29.5. The van der Waals surface area contributed by atoms with E-state index in [9.17, 15) is 23.2 Å². The second-order valence-electron chi connectivity index (χ2n) is 9.36. The van der Waals surface area contributed by atoms with Gasteiger partial charge in [-0.25, -0.2) is 9.91 Å². The number of amides is 3. The first-order valence-corrected chi connectivity index (χ1v) is 12.5. The molecule has 1 fully saturated rings. The molecule has 0 aliphatic carbocycles. The number of benzene rings is 3. The lowest BCUT2D eigenvalue weighted by Gasteiger charge is -2.25. The third-order valence-electron chi connectivity index (χ3n) is 6.93. The van der Waals surface area contributed by atoms with Gasteiger partial charge in [0.1, 0.15) is 12.3 Å². The van der Waals surface area contributed by atoms with Crippen LogP contribution in [0.3, 0.4) is 0 Å². The largest absolute Gasteiger partial charge is 0.435 e. The molecule has 0 N–H and O–H groups in total. The Hall–Kier alpha value is -5.00. The number of alkyl halides is 2. The van der Waals surface area contributed by atoms with Crippen LogP contribution in [0.4, 0.5) is 14.5 Å². The van der Waals surface area contributed by atoms with Crippen LogP contribution in [0.15, 0.2) is 100 Å². The smallest absolute Gasteiger partial charge is 0.387 e. The van der Waals surface area contributed by atoms with Crippen molar-refractivity contribution in [1.29, 1.82) is 0 Å². The minimum absolute atomic E-state index is 0.0131. The highest BCUT2D eigenvalue weighted by molar-refractivity contribution is 6.25. The van der Waals surface area contributed by atoms with Crippen molar-refractivity contribution in [3.05, 3.63) is 96.1 Å². The maximum atomic E-state index is 13.6. The van der Waals surface area contributed by atoms with Crippen LogP contribution in [0.5, 0.6) is 5.75 Å². The molecule has 10 nitrogen and oxygen atoms in total. The maximum absolute atomic E-state index is 13.6. The molecule has 0 saturated carbocycles. The van der Waals surface area contributed by atoms with Crippen LogP contribution >= 0.6 is 0 Å². The lowest BCUT2D eigenvalue weighted by atomic mass is 9.98. The third kappa shape index (κ3) is 4.57. The van der Waals surface area contributed by atoms with Gasteiger partial charge in [-0.15, -0.1) is 0 Å². The number of hydrogen-bond donors (Lipinski definition) is 0. The van der Waals surface area contributed by atoms with Crippen LogP contribution in [0.25, 0.3) is 0 Å². The van der Waals surface area contributed by atoms with Gasteiger partial charge >= 0.3 is 6.61 Å². The number of hydrogen-bond acceptors (Lipinski definition) is 8. The zero-order chi connectivity index (χ0) is 27.8. The van der Waals surface area contributed by atoms with E-state index in [4.69, 9.17) is 0 Å². The maximum Gasteiger partial charge on any atom is 0.387 e. The number of hydrazone groups is 1. The quantitative estimate of drug-likeness (QED) is 0.419. The second-order valence-corrected chi connectivity index (χ2v) is 9.36. The van der Waals surface area contributed by atoms with Crippen LogP contribution in [-0.2, 0) is 14.4 Å². The molecule has 202 valence electrons. The number of rotatable bonds is 7. The molecule has 40 heavy (non-hydrogen) atoms. The topological polar surface area (TPSA) is 107 Å². The number of ether oxygens (including phenoxy) is 1. The zero-order valence-corrected chi connectivity index (χ0v) is 20.9. The van der Waals surface area contributed by atoms with Crippen LogP contribution in [-0.4, -0.2) is 58.7 Å². The molecule has 3 amide bonds. The summed E-state index contributed by atoms with van der Waals surface area (Å²) in [6.45, 7) is -3.26. The fourth-order valence-corrected chi connectivity index (χ4v) is 5.07. The predicted molar refractivity (Wildman–Crippen MR) is 138 cm³/mol. The summed E-state index contributed by atoms with van der Waals surface area (Å²) in [5.41, 5.74) is 2.50. The summed E-state index contributed by atoms with van der Waals surface area (Å²) in [5, 5.41) is 15.1. The first-order valence-electron chi connectivity index (χ1n) is 12.5. The molecule has 3 aliphatic rings. The van der Waals surface area contributed by atoms with Crippen molar-refractivity contribution in [3.63, 3.8) is 0 Å². The van der Waals surface area contributed by atoms with Gasteiger partial charge in [0.2, 0.25) is 0 Å². The Labute approximate surface area is 227 Å². The van der Waals surface area contributed by atoms with E-state index >= 15 is 0 Å². The van der Waals surface area contributed by atoms with E-state index < -0.39 is 42.5 Å². The molecule has 3 aromatic rings. The summed E-state index contributed by atoms with van der Waals surface area (Å²) in [5.74, 6) is -1.43. The monoisotopic (exact) mass is 544 g/mol. The van der Waals surface area contributed by atoms with Crippen LogP contribution < -0.4 is 9.64 Å². The molecule has 12 heteroatoms. The highest BCUT2D eigenvalue weighted by Gasteiger charge is 2.55. The second kappa shape index (κ2) is 10.3. The van der Waals surface area contributed by atoms with E-state index in [1.54, 1.807) is 42.5 Å². The number of para-hydroxylation sites is 1. The molecule has 3 heterocycles. The van der Waals surface area contributed by atoms with Gasteiger partial charge in [-0.05, 0) is 47.5 Å². The fourth-order valence-electron chi connectivity index (χ4n) is 5.07. The van der Waals surface area contributed by atoms with E-state index in [0.717, 1.165) is 10.5 Å². The Morgan fingerprint density at radius 2 is 1.60 bits per heavy atom. The number of imide groups is 1. The van der Waals surface area contributed by atoms with Crippen molar-refractivity contribution in [2.75, 3.05) is 11.4 Å². The molecule has 0 bridgehead atoms. The standard InChI is InChI=1S/C28H22F2N6O4/c29-28(30)40-20-13-11-17(12-14-20)21-15-22(18-7-3-1-4-8-18)36(32-21)23(37)16-34-25-24(31-33-34)26(38)35(27(25)39)19-9-5-2-6-10-19/h1-14,22,24-25,28H,15-16H2/t22-,24-,25-/m1/s1. The molecular formula is C28H22F2N6O4. The van der Waals surface area contributed by atoms with Crippen molar-refractivity contribution < 1.29 is 27.9 Å². The number of nitrogens with zero attached hydrogens (tertiary/aromatic N) is 6. The molecule has 0 radical (unpaired) electrons. The molecule has 6 rings (SSSR count). The Morgan fingerprint density at radius 1 is 0.925 bits per heavy atom. The van der Waals surface area contributed by atoms with Gasteiger partial charge in [0.25, 0.3) is 17.7 Å². The number of halogens is 2. The zero-order valence-electron chi connectivity index (χ0n) is 20.9. The fraction of sp³-hybridized carbons (Fsp3) is 0.214. The highest BCUT2D eigenvalue weighted by atomic mass is 19.3. The van der Waals surface area contributed by atoms with E-state index in [1.807, 2.05) is 30.3 Å². The Morgan fingerprint density at radius 3 is 2.27 bits per heavy atom. The predicted octanol–water partition coefficient (Wildman–Crippen LogP) is 3.96. The molecule has 0 unspecified atom stereocenters. The molecule has 0 aromatic heterocycles. The van der Waals surface area contributed by atoms with Gasteiger partial charge in [0, 0.05) is 6.42 Å². The number of carbonyl (C=O) groups is 3. The average molecular weight is 545 g/mol.